The molecule has 1 amide bonds. The zero-order chi connectivity index (χ0) is 22.4. The van der Waals surface area contributed by atoms with Gasteiger partial charge in [-0.25, -0.2) is 12.8 Å². The van der Waals surface area contributed by atoms with Gasteiger partial charge in [-0.2, -0.15) is 4.31 Å². The summed E-state index contributed by atoms with van der Waals surface area (Å²) in [5.41, 5.74) is 0.880. The van der Waals surface area contributed by atoms with E-state index in [0.717, 1.165) is 56.9 Å². The third-order valence-corrected chi connectivity index (χ3v) is 8.06. The van der Waals surface area contributed by atoms with Crippen molar-refractivity contribution < 1.29 is 17.6 Å². The molecule has 0 aliphatic heterocycles. The molecule has 1 saturated carbocycles. The summed E-state index contributed by atoms with van der Waals surface area (Å²) in [4.78, 5) is 15.8. The van der Waals surface area contributed by atoms with E-state index in [2.05, 4.69) is 10.3 Å². The molecule has 0 atom stereocenters. The van der Waals surface area contributed by atoms with Gasteiger partial charge in [-0.05, 0) is 43.4 Å². The second-order valence-electron chi connectivity index (χ2n) is 8.07. The predicted molar refractivity (Wildman–Crippen MR) is 123 cm³/mol. The highest BCUT2D eigenvalue weighted by atomic mass is 32.2. The van der Waals surface area contributed by atoms with Crippen LogP contribution in [0.15, 0.2) is 30.6 Å². The van der Waals surface area contributed by atoms with Crippen LogP contribution in [0.25, 0.3) is 6.08 Å². The van der Waals surface area contributed by atoms with Crippen molar-refractivity contribution in [2.45, 2.75) is 69.5 Å². The Labute approximate surface area is 186 Å². The van der Waals surface area contributed by atoms with Crippen LogP contribution in [-0.2, 0) is 14.8 Å². The molecule has 1 aliphatic carbocycles. The highest BCUT2D eigenvalue weighted by molar-refractivity contribution is 7.89. The first-order valence-corrected chi connectivity index (χ1v) is 12.9. The Morgan fingerprint density at radius 2 is 1.87 bits per heavy atom. The Morgan fingerprint density at radius 3 is 2.58 bits per heavy atom. The zero-order valence-corrected chi connectivity index (χ0v) is 19.2. The first kappa shape index (κ1) is 25.5. The van der Waals surface area contributed by atoms with Crippen molar-refractivity contribution in [3.63, 3.8) is 0 Å². The molecule has 1 N–H and O–H groups in total. The number of pyridine rings is 1. The molecule has 6 nitrogen and oxygen atoms in total. The molecule has 0 saturated heterocycles. The smallest absolute Gasteiger partial charge is 0.243 e. The van der Waals surface area contributed by atoms with Gasteiger partial charge in [-0.1, -0.05) is 44.6 Å². The lowest BCUT2D eigenvalue weighted by Crippen LogP contribution is -2.41. The molecule has 8 heteroatoms. The van der Waals surface area contributed by atoms with Crippen LogP contribution in [0, 0.1) is 0 Å². The van der Waals surface area contributed by atoms with E-state index in [1.165, 1.54) is 10.4 Å². The Balaban J connectivity index is 1.57. The fourth-order valence-electron chi connectivity index (χ4n) is 3.89. The highest BCUT2D eigenvalue weighted by Gasteiger charge is 2.32. The summed E-state index contributed by atoms with van der Waals surface area (Å²) in [6.45, 7) is 0.344. The van der Waals surface area contributed by atoms with Crippen molar-refractivity contribution in [1.82, 2.24) is 14.6 Å². The average molecular weight is 454 g/mol. The Morgan fingerprint density at radius 1 is 1.13 bits per heavy atom. The van der Waals surface area contributed by atoms with Gasteiger partial charge in [0.1, 0.15) is 6.67 Å². The summed E-state index contributed by atoms with van der Waals surface area (Å²) < 4.78 is 39.9. The second-order valence-corrected chi connectivity index (χ2v) is 10.3. The fraction of sp³-hybridized carbons (Fsp3) is 0.652. The molecule has 0 unspecified atom stereocenters. The lowest BCUT2D eigenvalue weighted by Gasteiger charge is -2.29. The molecule has 2 rings (SSSR count). The summed E-state index contributed by atoms with van der Waals surface area (Å²) in [6.07, 6.45) is 15.5. The fourth-order valence-corrected chi connectivity index (χ4v) is 5.95. The van der Waals surface area contributed by atoms with Gasteiger partial charge in [0.05, 0.1) is 5.25 Å². The van der Waals surface area contributed by atoms with E-state index in [-0.39, 0.29) is 17.7 Å². The molecule has 1 aromatic heterocycles. The van der Waals surface area contributed by atoms with Crippen LogP contribution in [0.3, 0.4) is 0 Å². The van der Waals surface area contributed by atoms with E-state index in [9.17, 15) is 17.6 Å². The normalized spacial score (nSPS) is 15.5. The lowest BCUT2D eigenvalue weighted by atomic mass is 10.0. The zero-order valence-electron chi connectivity index (χ0n) is 18.3. The summed E-state index contributed by atoms with van der Waals surface area (Å²) in [7, 11) is -3.39. The van der Waals surface area contributed by atoms with E-state index in [0.29, 0.717) is 25.9 Å². The Kier molecular flexibility index (Phi) is 11.7. The average Bonchev–Trinajstić information content (AvgIpc) is 2.80. The van der Waals surface area contributed by atoms with Crippen molar-refractivity contribution >= 4 is 22.0 Å². The minimum Gasteiger partial charge on any atom is -0.353 e. The van der Waals surface area contributed by atoms with Gasteiger partial charge in [-0.15, -0.1) is 0 Å². The molecular weight excluding hydrogens is 417 g/mol. The topological polar surface area (TPSA) is 79.4 Å². The number of hydrogen-bond acceptors (Lipinski definition) is 4. The largest absolute Gasteiger partial charge is 0.353 e. The maximum absolute atomic E-state index is 12.9. The number of nitrogens with one attached hydrogen (secondary N) is 1. The first-order valence-electron chi connectivity index (χ1n) is 11.4. The number of aromatic nitrogens is 1. The van der Waals surface area contributed by atoms with Gasteiger partial charge in [-0.3, -0.25) is 9.78 Å². The maximum Gasteiger partial charge on any atom is 0.243 e. The highest BCUT2D eigenvalue weighted by Crippen LogP contribution is 2.26. The molecule has 174 valence electrons. The first-order chi connectivity index (χ1) is 15.0. The van der Waals surface area contributed by atoms with Crippen molar-refractivity contribution in [3.05, 3.63) is 36.2 Å². The van der Waals surface area contributed by atoms with Gasteiger partial charge in [0.25, 0.3) is 0 Å². The molecule has 0 radical (unpaired) electrons. The number of alkyl halides is 1. The van der Waals surface area contributed by atoms with E-state index in [1.54, 1.807) is 18.5 Å². The van der Waals surface area contributed by atoms with Crippen LogP contribution in [0.1, 0.15) is 69.8 Å². The van der Waals surface area contributed by atoms with Crippen molar-refractivity contribution in [2.24, 2.45) is 0 Å². The molecule has 1 aliphatic rings. The number of sulfonamides is 1. The van der Waals surface area contributed by atoms with Gasteiger partial charge < -0.3 is 5.32 Å². The number of carbonyl (C=O) groups excluding carboxylic acids is 1. The second kappa shape index (κ2) is 14.3. The number of amides is 1. The number of unbranched alkanes of at least 4 members (excludes halogenated alkanes) is 4. The van der Waals surface area contributed by atoms with Gasteiger partial charge >= 0.3 is 0 Å². The molecule has 1 heterocycles. The molecule has 1 fully saturated rings. The molecule has 0 spiro atoms. The standard InChI is InChI=1S/C23H36FN3O3S/c24-15-19-27(31(29,30)22-11-5-4-6-12-22)18-8-3-1-2-7-17-26-23(28)14-13-21-10-9-16-25-20-21/h9-10,13-14,16,20,22H,1-8,11-12,15,17-19H2,(H,26,28)/b14-13+. The number of nitrogens with zero attached hydrogens (tertiary/aromatic N) is 2. The van der Waals surface area contributed by atoms with E-state index in [4.69, 9.17) is 0 Å². The Bertz CT molecular complexity index is 766. The van der Waals surface area contributed by atoms with Gasteiger partial charge in [0, 0.05) is 38.1 Å². The van der Waals surface area contributed by atoms with Crippen molar-refractivity contribution in [1.29, 1.82) is 0 Å². The third-order valence-electron chi connectivity index (χ3n) is 5.66. The molecule has 0 aromatic carbocycles. The van der Waals surface area contributed by atoms with Crippen molar-refractivity contribution in [2.75, 3.05) is 26.3 Å². The molecule has 1 aromatic rings. The summed E-state index contributed by atoms with van der Waals surface area (Å²) in [6, 6.07) is 3.70. The third kappa shape index (κ3) is 9.47. The SMILES string of the molecule is O=C(/C=C/c1cccnc1)NCCCCCCCN(CCF)S(=O)(=O)C1CCCCC1. The van der Waals surface area contributed by atoms with E-state index in [1.807, 2.05) is 12.1 Å². The van der Waals surface area contributed by atoms with Crippen LogP contribution >= 0.6 is 0 Å². The molecular formula is C23H36FN3O3S. The minimum atomic E-state index is -3.39. The van der Waals surface area contributed by atoms with Crippen LogP contribution < -0.4 is 5.32 Å². The number of hydrogen-bond donors (Lipinski definition) is 1. The van der Waals surface area contributed by atoms with Crippen LogP contribution in [-0.4, -0.2) is 55.2 Å². The van der Waals surface area contributed by atoms with Crippen LogP contribution in [0.2, 0.25) is 0 Å². The van der Waals surface area contributed by atoms with Crippen LogP contribution in [0.5, 0.6) is 0 Å². The number of rotatable bonds is 14. The summed E-state index contributed by atoms with van der Waals surface area (Å²) >= 11 is 0. The van der Waals surface area contributed by atoms with Gasteiger partial charge in [0.15, 0.2) is 0 Å². The predicted octanol–water partition coefficient (Wildman–Crippen LogP) is 4.10. The lowest BCUT2D eigenvalue weighted by molar-refractivity contribution is -0.116. The number of halogens is 1. The molecule has 0 bridgehead atoms. The molecule has 31 heavy (non-hydrogen) atoms. The van der Waals surface area contributed by atoms with E-state index >= 15 is 0 Å². The monoisotopic (exact) mass is 453 g/mol. The van der Waals surface area contributed by atoms with Crippen LogP contribution in [0.4, 0.5) is 4.39 Å². The summed E-state index contributed by atoms with van der Waals surface area (Å²) in [5, 5.41) is 2.53. The van der Waals surface area contributed by atoms with Gasteiger partial charge in [0.2, 0.25) is 15.9 Å². The van der Waals surface area contributed by atoms with Crippen molar-refractivity contribution in [3.8, 4) is 0 Å². The number of carbonyl (C=O) groups is 1. The Hall–Kier alpha value is -1.80. The minimum absolute atomic E-state index is 0.0303. The van der Waals surface area contributed by atoms with E-state index < -0.39 is 16.7 Å². The summed E-state index contributed by atoms with van der Waals surface area (Å²) in [5.74, 6) is -0.126. The quantitative estimate of drug-likeness (QED) is 0.340. The maximum atomic E-state index is 12.9.